The van der Waals surface area contributed by atoms with Gasteiger partial charge >= 0.3 is 0 Å². The number of aryl methyl sites for hydroxylation is 1. The Kier molecular flexibility index (Phi) is 3.07. The molecule has 3 aromatic heterocycles. The van der Waals surface area contributed by atoms with Gasteiger partial charge in [0.1, 0.15) is 11.2 Å². The van der Waals surface area contributed by atoms with Crippen LogP contribution >= 0.6 is 0 Å². The van der Waals surface area contributed by atoms with E-state index in [1.54, 1.807) is 19.2 Å². The van der Waals surface area contributed by atoms with Crippen molar-refractivity contribution in [1.29, 1.82) is 0 Å². The summed E-state index contributed by atoms with van der Waals surface area (Å²) >= 11 is 0. The Morgan fingerprint density at radius 3 is 2.83 bits per heavy atom. The van der Waals surface area contributed by atoms with Gasteiger partial charge in [0.25, 0.3) is 5.56 Å². The van der Waals surface area contributed by atoms with Gasteiger partial charge in [-0.2, -0.15) is 4.39 Å². The minimum absolute atomic E-state index is 0.144. The summed E-state index contributed by atoms with van der Waals surface area (Å²) in [7, 11) is 1.66. The Labute approximate surface area is 131 Å². The molecule has 0 radical (unpaired) electrons. The molecule has 0 unspecified atom stereocenters. The first kappa shape index (κ1) is 13.8. The molecule has 3 aromatic rings. The van der Waals surface area contributed by atoms with E-state index in [4.69, 9.17) is 0 Å². The lowest BCUT2D eigenvalue weighted by molar-refractivity contribution is 0.584. The van der Waals surface area contributed by atoms with Crippen molar-refractivity contribution in [3.63, 3.8) is 0 Å². The molecule has 0 aromatic carbocycles. The highest BCUT2D eigenvalue weighted by atomic mass is 19.1. The summed E-state index contributed by atoms with van der Waals surface area (Å²) in [5.74, 6) is -0.0177. The lowest BCUT2D eigenvalue weighted by atomic mass is 10.1. The van der Waals surface area contributed by atoms with Crippen molar-refractivity contribution in [3.05, 3.63) is 47.0 Å². The van der Waals surface area contributed by atoms with Crippen LogP contribution in [-0.4, -0.2) is 25.6 Å². The molecule has 0 spiro atoms. The standard InChI is InChI=1S/C16H14FN5O/c1-22-8-19-12-6-11(9-2-5-13(17)18-7-9)21-15(14(12)16(22)23)20-10-3-4-10/h2,5-8,10H,3-4H2,1H3,(H,20,21). The molecule has 4 rings (SSSR count). The SMILES string of the molecule is Cn1cnc2cc(-c3ccc(F)nc3)nc(NC3CC3)c2c1=O. The zero-order valence-electron chi connectivity index (χ0n) is 12.5. The molecule has 1 aliphatic carbocycles. The van der Waals surface area contributed by atoms with Crippen LogP contribution in [0.2, 0.25) is 0 Å². The van der Waals surface area contributed by atoms with Crippen molar-refractivity contribution < 1.29 is 4.39 Å². The zero-order valence-corrected chi connectivity index (χ0v) is 12.5. The van der Waals surface area contributed by atoms with Crippen LogP contribution < -0.4 is 10.9 Å². The lowest BCUT2D eigenvalue weighted by Gasteiger charge is -2.11. The van der Waals surface area contributed by atoms with E-state index in [-0.39, 0.29) is 5.56 Å². The van der Waals surface area contributed by atoms with Crippen LogP contribution in [0.3, 0.4) is 0 Å². The van der Waals surface area contributed by atoms with Gasteiger partial charge in [-0.25, -0.2) is 15.0 Å². The maximum absolute atomic E-state index is 13.0. The number of fused-ring (bicyclic) bond motifs is 1. The number of pyridine rings is 2. The second-order valence-electron chi connectivity index (χ2n) is 5.70. The Bertz CT molecular complexity index is 947. The number of hydrogen-bond acceptors (Lipinski definition) is 5. The van der Waals surface area contributed by atoms with E-state index in [0.29, 0.717) is 34.0 Å². The van der Waals surface area contributed by atoms with Crippen LogP contribution in [-0.2, 0) is 7.05 Å². The number of halogens is 1. The van der Waals surface area contributed by atoms with E-state index >= 15 is 0 Å². The van der Waals surface area contributed by atoms with Crippen molar-refractivity contribution >= 4 is 16.7 Å². The molecule has 0 amide bonds. The molecule has 0 saturated heterocycles. The molecule has 1 fully saturated rings. The minimum atomic E-state index is -0.544. The maximum atomic E-state index is 13.0. The molecule has 0 bridgehead atoms. The Morgan fingerprint density at radius 2 is 2.13 bits per heavy atom. The smallest absolute Gasteiger partial charge is 0.264 e. The van der Waals surface area contributed by atoms with Crippen LogP contribution in [0.1, 0.15) is 12.8 Å². The van der Waals surface area contributed by atoms with Gasteiger partial charge in [-0.05, 0) is 31.0 Å². The van der Waals surface area contributed by atoms with E-state index in [0.717, 1.165) is 12.8 Å². The van der Waals surface area contributed by atoms with Gasteiger partial charge in [0, 0.05) is 24.8 Å². The normalized spacial score (nSPS) is 14.2. The third-order valence-corrected chi connectivity index (χ3v) is 3.84. The summed E-state index contributed by atoms with van der Waals surface area (Å²) in [4.78, 5) is 25.0. The fraction of sp³-hybridized carbons (Fsp3) is 0.250. The summed E-state index contributed by atoms with van der Waals surface area (Å²) in [5, 5.41) is 3.76. The lowest BCUT2D eigenvalue weighted by Crippen LogP contribution is -2.19. The average Bonchev–Trinajstić information content (AvgIpc) is 3.35. The first-order valence-electron chi connectivity index (χ1n) is 7.36. The van der Waals surface area contributed by atoms with Gasteiger partial charge in [-0.15, -0.1) is 0 Å². The number of nitrogens with one attached hydrogen (secondary N) is 1. The number of nitrogens with zero attached hydrogens (tertiary/aromatic N) is 4. The van der Waals surface area contributed by atoms with Gasteiger partial charge < -0.3 is 9.88 Å². The second-order valence-corrected chi connectivity index (χ2v) is 5.70. The molecule has 6 nitrogen and oxygen atoms in total. The monoisotopic (exact) mass is 311 g/mol. The van der Waals surface area contributed by atoms with Crippen LogP contribution in [0.5, 0.6) is 0 Å². The minimum Gasteiger partial charge on any atom is -0.367 e. The molecule has 116 valence electrons. The van der Waals surface area contributed by atoms with E-state index in [1.807, 2.05) is 0 Å². The average molecular weight is 311 g/mol. The third kappa shape index (κ3) is 2.54. The predicted octanol–water partition coefficient (Wildman–Crippen LogP) is 2.10. The summed E-state index contributed by atoms with van der Waals surface area (Å²) in [6.07, 6.45) is 5.03. The highest BCUT2D eigenvalue weighted by Gasteiger charge is 2.24. The topological polar surface area (TPSA) is 72.7 Å². The van der Waals surface area contributed by atoms with Gasteiger partial charge in [-0.3, -0.25) is 4.79 Å². The molecular weight excluding hydrogens is 297 g/mol. The largest absolute Gasteiger partial charge is 0.367 e. The van der Waals surface area contributed by atoms with E-state index < -0.39 is 5.95 Å². The van der Waals surface area contributed by atoms with Crippen LogP contribution in [0.4, 0.5) is 10.2 Å². The number of aromatic nitrogens is 4. The molecule has 1 N–H and O–H groups in total. The highest BCUT2D eigenvalue weighted by molar-refractivity contribution is 5.91. The number of anilines is 1. The first-order chi connectivity index (χ1) is 11.1. The van der Waals surface area contributed by atoms with Gasteiger partial charge in [0.2, 0.25) is 5.95 Å². The van der Waals surface area contributed by atoms with E-state index in [1.165, 1.54) is 23.2 Å². The van der Waals surface area contributed by atoms with E-state index in [9.17, 15) is 9.18 Å². The first-order valence-corrected chi connectivity index (χ1v) is 7.36. The fourth-order valence-electron chi connectivity index (χ4n) is 2.42. The summed E-state index contributed by atoms with van der Waals surface area (Å²) < 4.78 is 14.4. The molecule has 7 heteroatoms. The Morgan fingerprint density at radius 1 is 1.30 bits per heavy atom. The Hall–Kier alpha value is -2.83. The summed E-state index contributed by atoms with van der Waals surface area (Å²) in [6, 6.07) is 4.96. The molecule has 23 heavy (non-hydrogen) atoms. The van der Waals surface area contributed by atoms with Gasteiger partial charge in [0.05, 0.1) is 17.5 Å². The second kappa shape index (κ2) is 5.12. The van der Waals surface area contributed by atoms with E-state index in [2.05, 4.69) is 20.3 Å². The maximum Gasteiger partial charge on any atom is 0.264 e. The molecule has 1 saturated carbocycles. The van der Waals surface area contributed by atoms with Crippen molar-refractivity contribution in [2.24, 2.45) is 7.05 Å². The predicted molar refractivity (Wildman–Crippen MR) is 84.6 cm³/mol. The molecule has 3 heterocycles. The number of hydrogen-bond donors (Lipinski definition) is 1. The van der Waals surface area contributed by atoms with Crippen LogP contribution in [0.25, 0.3) is 22.2 Å². The summed E-state index contributed by atoms with van der Waals surface area (Å²) in [6.45, 7) is 0. The van der Waals surface area contributed by atoms with Gasteiger partial charge in [0.15, 0.2) is 0 Å². The third-order valence-electron chi connectivity index (χ3n) is 3.84. The van der Waals surface area contributed by atoms with Gasteiger partial charge in [-0.1, -0.05) is 0 Å². The molecule has 0 aliphatic heterocycles. The van der Waals surface area contributed by atoms with Crippen molar-refractivity contribution in [3.8, 4) is 11.3 Å². The highest BCUT2D eigenvalue weighted by Crippen LogP contribution is 2.29. The fourth-order valence-corrected chi connectivity index (χ4v) is 2.42. The molecule has 0 atom stereocenters. The Balaban J connectivity index is 1.94. The summed E-state index contributed by atoms with van der Waals surface area (Å²) in [5.41, 5.74) is 1.70. The quantitative estimate of drug-likeness (QED) is 0.750. The van der Waals surface area contributed by atoms with Crippen molar-refractivity contribution in [2.75, 3.05) is 5.32 Å². The van der Waals surface area contributed by atoms with Crippen LogP contribution in [0, 0.1) is 5.95 Å². The number of rotatable bonds is 3. The zero-order chi connectivity index (χ0) is 16.0. The van der Waals surface area contributed by atoms with Crippen molar-refractivity contribution in [2.45, 2.75) is 18.9 Å². The van der Waals surface area contributed by atoms with Crippen LogP contribution in [0.15, 0.2) is 35.5 Å². The molecule has 1 aliphatic rings. The van der Waals surface area contributed by atoms with Crippen molar-refractivity contribution in [1.82, 2.24) is 19.5 Å². The molecular formula is C16H14FN5O.